The van der Waals surface area contributed by atoms with E-state index in [0.29, 0.717) is 24.0 Å². The summed E-state index contributed by atoms with van der Waals surface area (Å²) in [5.41, 5.74) is 3.97. The van der Waals surface area contributed by atoms with Crippen LogP contribution in [0.15, 0.2) is 78.4 Å². The number of aromatic hydroxyl groups is 1. The lowest BCUT2D eigenvalue weighted by atomic mass is 10.00. The molecule has 0 aliphatic heterocycles. The average Bonchev–Trinajstić information content (AvgIpc) is 2.92. The normalized spacial score (nSPS) is 15.8. The molecule has 37 heavy (non-hydrogen) atoms. The molecule has 2 atom stereocenters. The van der Waals surface area contributed by atoms with E-state index in [2.05, 4.69) is 72.6 Å². The number of unbranched alkanes of at least 4 members (excludes halogenated alkanes) is 2. The number of phenols is 1. The zero-order valence-electron chi connectivity index (χ0n) is 22.2. The Morgan fingerprint density at radius 1 is 1.00 bits per heavy atom. The molecule has 0 spiro atoms. The van der Waals surface area contributed by atoms with Crippen LogP contribution in [0.4, 0.5) is 0 Å². The number of carbonyl (C=O) groups is 1. The Labute approximate surface area is 232 Å². The fourth-order valence-electron chi connectivity index (χ4n) is 4.29. The van der Waals surface area contributed by atoms with Crippen molar-refractivity contribution in [2.45, 2.75) is 69.3 Å². The van der Waals surface area contributed by atoms with E-state index in [9.17, 15) is 9.90 Å². The van der Waals surface area contributed by atoms with E-state index in [1.54, 1.807) is 12.1 Å². The molecule has 2 aromatic carbocycles. The predicted molar refractivity (Wildman–Crippen MR) is 162 cm³/mol. The van der Waals surface area contributed by atoms with Crippen molar-refractivity contribution in [1.29, 1.82) is 0 Å². The Morgan fingerprint density at radius 2 is 1.81 bits per heavy atom. The average molecular weight is 538 g/mol. The van der Waals surface area contributed by atoms with Gasteiger partial charge in [0.05, 0.1) is 0 Å². The molecule has 5 heteroatoms. The highest BCUT2D eigenvalue weighted by Crippen LogP contribution is 2.28. The molecule has 200 valence electrons. The topological polar surface area (TPSA) is 49.3 Å². The number of phenolic OH excluding ortho intramolecular Hbond substituents is 1. The van der Waals surface area contributed by atoms with E-state index >= 15 is 0 Å². The molecule has 0 aromatic heterocycles. The van der Waals surface area contributed by atoms with Gasteiger partial charge in [-0.25, -0.2) is 0 Å². The van der Waals surface area contributed by atoms with Gasteiger partial charge in [-0.2, -0.15) is 23.5 Å². The van der Waals surface area contributed by atoms with E-state index in [4.69, 9.17) is 0 Å². The van der Waals surface area contributed by atoms with Crippen LogP contribution in [0.3, 0.4) is 0 Å². The number of benzene rings is 2. The molecule has 0 fully saturated rings. The van der Waals surface area contributed by atoms with Crippen molar-refractivity contribution in [2.75, 3.05) is 18.1 Å². The Bertz CT molecular complexity index is 972. The van der Waals surface area contributed by atoms with Gasteiger partial charge in [0, 0.05) is 29.7 Å². The zero-order chi connectivity index (χ0) is 26.1. The standard InChI is InChI=1S/C32H43NO2S2/c1-26-11-13-29(14-12-26)25-37-31(21-23-36-24-28-8-4-2-5-9-28)10-6-3-7-22-33-32(35)20-17-27-15-18-30(34)19-16-27/h2,4-5,8-9,11,13-16,18-19,26,31,34H,3,6-7,10,12,17,20-25H2,1H3,(H,33,35). The molecular formula is C32H43NO2S2. The summed E-state index contributed by atoms with van der Waals surface area (Å²) < 4.78 is 0. The summed E-state index contributed by atoms with van der Waals surface area (Å²) in [4.78, 5) is 12.2. The second-order valence-electron chi connectivity index (χ2n) is 9.98. The lowest BCUT2D eigenvalue weighted by Crippen LogP contribution is -2.24. The molecule has 0 saturated heterocycles. The third kappa shape index (κ3) is 12.8. The van der Waals surface area contributed by atoms with Crippen molar-refractivity contribution in [3.05, 3.63) is 89.5 Å². The number of hydrogen-bond donors (Lipinski definition) is 2. The summed E-state index contributed by atoms with van der Waals surface area (Å²) in [5.74, 6) is 4.46. The third-order valence-electron chi connectivity index (χ3n) is 6.67. The molecule has 0 bridgehead atoms. The number of carbonyl (C=O) groups excluding carboxylic acids is 1. The van der Waals surface area contributed by atoms with Gasteiger partial charge in [-0.1, -0.05) is 80.5 Å². The van der Waals surface area contributed by atoms with E-state index in [0.717, 1.165) is 36.5 Å². The maximum absolute atomic E-state index is 12.2. The number of hydrogen-bond acceptors (Lipinski definition) is 4. The minimum Gasteiger partial charge on any atom is -0.508 e. The first kappa shape index (κ1) is 29.4. The van der Waals surface area contributed by atoms with Crippen molar-refractivity contribution in [3.63, 3.8) is 0 Å². The van der Waals surface area contributed by atoms with Crippen LogP contribution in [0, 0.1) is 5.92 Å². The molecule has 0 radical (unpaired) electrons. The summed E-state index contributed by atoms with van der Waals surface area (Å²) in [5, 5.41) is 13.1. The maximum atomic E-state index is 12.2. The highest BCUT2D eigenvalue weighted by Gasteiger charge is 2.12. The molecule has 0 heterocycles. The van der Waals surface area contributed by atoms with Gasteiger partial charge in [0.2, 0.25) is 5.91 Å². The fraction of sp³-hybridized carbons (Fsp3) is 0.469. The van der Waals surface area contributed by atoms with Crippen molar-refractivity contribution >= 4 is 29.4 Å². The summed E-state index contributed by atoms with van der Waals surface area (Å²) in [6, 6.07) is 17.9. The van der Waals surface area contributed by atoms with Crippen LogP contribution in [0.5, 0.6) is 5.75 Å². The molecule has 1 aliphatic carbocycles. The van der Waals surface area contributed by atoms with E-state index in [-0.39, 0.29) is 11.7 Å². The van der Waals surface area contributed by atoms with Crippen LogP contribution in [-0.4, -0.2) is 34.3 Å². The number of nitrogens with one attached hydrogen (secondary N) is 1. The summed E-state index contributed by atoms with van der Waals surface area (Å²) >= 11 is 4.18. The monoisotopic (exact) mass is 537 g/mol. The Kier molecular flexibility index (Phi) is 13.9. The van der Waals surface area contributed by atoms with Crippen molar-refractivity contribution in [3.8, 4) is 5.75 Å². The summed E-state index contributed by atoms with van der Waals surface area (Å²) in [7, 11) is 0. The Morgan fingerprint density at radius 3 is 2.57 bits per heavy atom. The lowest BCUT2D eigenvalue weighted by Gasteiger charge is -2.18. The van der Waals surface area contributed by atoms with Gasteiger partial charge in [0.1, 0.15) is 5.75 Å². The highest BCUT2D eigenvalue weighted by atomic mass is 32.2. The number of allylic oxidation sites excluding steroid dienone is 3. The minimum absolute atomic E-state index is 0.111. The molecule has 2 unspecified atom stereocenters. The SMILES string of the molecule is CC1C=CC(CSC(CCCCCNC(=O)CCc2ccc(O)cc2)CCSCc2ccccc2)=CC1. The molecule has 3 rings (SSSR count). The molecule has 1 aliphatic rings. The number of amides is 1. The van der Waals surface area contributed by atoms with E-state index < -0.39 is 0 Å². The highest BCUT2D eigenvalue weighted by molar-refractivity contribution is 8.00. The van der Waals surface area contributed by atoms with Crippen LogP contribution < -0.4 is 5.32 Å². The van der Waals surface area contributed by atoms with Gasteiger partial charge < -0.3 is 10.4 Å². The van der Waals surface area contributed by atoms with Gasteiger partial charge >= 0.3 is 0 Å². The molecule has 1 amide bonds. The van der Waals surface area contributed by atoms with Crippen molar-refractivity contribution < 1.29 is 9.90 Å². The molecule has 3 nitrogen and oxygen atoms in total. The van der Waals surface area contributed by atoms with Gasteiger partial charge in [0.15, 0.2) is 0 Å². The summed E-state index contributed by atoms with van der Waals surface area (Å²) in [6.45, 7) is 3.04. The number of rotatable bonds is 17. The third-order valence-corrected chi connectivity index (χ3v) is 9.18. The van der Waals surface area contributed by atoms with E-state index in [1.807, 2.05) is 23.9 Å². The first-order valence-electron chi connectivity index (χ1n) is 13.7. The Balaban J connectivity index is 1.30. The van der Waals surface area contributed by atoms with Crippen molar-refractivity contribution in [2.24, 2.45) is 5.92 Å². The first-order valence-corrected chi connectivity index (χ1v) is 15.9. The second kappa shape index (κ2) is 17.4. The van der Waals surface area contributed by atoms with Gasteiger partial charge in [0.25, 0.3) is 0 Å². The maximum Gasteiger partial charge on any atom is 0.220 e. The predicted octanol–water partition coefficient (Wildman–Crippen LogP) is 7.95. The number of thioether (sulfide) groups is 2. The smallest absolute Gasteiger partial charge is 0.220 e. The van der Waals surface area contributed by atoms with Crippen LogP contribution in [0.25, 0.3) is 0 Å². The Hall–Kier alpha value is -2.11. The zero-order valence-corrected chi connectivity index (χ0v) is 23.9. The fourth-order valence-corrected chi connectivity index (χ4v) is 6.73. The number of aryl methyl sites for hydroxylation is 1. The molecule has 0 saturated carbocycles. The van der Waals surface area contributed by atoms with Crippen LogP contribution in [0.2, 0.25) is 0 Å². The van der Waals surface area contributed by atoms with Gasteiger partial charge in [-0.05, 0) is 72.6 Å². The minimum atomic E-state index is 0.111. The largest absolute Gasteiger partial charge is 0.508 e. The molecule has 2 N–H and O–H groups in total. The summed E-state index contributed by atoms with van der Waals surface area (Å²) in [6.07, 6.45) is 15.4. The van der Waals surface area contributed by atoms with Crippen LogP contribution in [-0.2, 0) is 17.0 Å². The molecular weight excluding hydrogens is 494 g/mol. The van der Waals surface area contributed by atoms with Gasteiger partial charge in [-0.15, -0.1) is 0 Å². The van der Waals surface area contributed by atoms with Crippen molar-refractivity contribution in [1.82, 2.24) is 5.32 Å². The van der Waals surface area contributed by atoms with E-state index in [1.165, 1.54) is 42.6 Å². The first-order chi connectivity index (χ1) is 18.1. The molecule has 2 aromatic rings. The quantitative estimate of drug-likeness (QED) is 0.201. The lowest BCUT2D eigenvalue weighted by molar-refractivity contribution is -0.121. The van der Waals surface area contributed by atoms with Gasteiger partial charge in [-0.3, -0.25) is 4.79 Å². The van der Waals surface area contributed by atoms with Crippen LogP contribution >= 0.6 is 23.5 Å². The second-order valence-corrected chi connectivity index (χ2v) is 12.4. The van der Waals surface area contributed by atoms with Crippen LogP contribution in [0.1, 0.15) is 63.0 Å².